The maximum Gasteiger partial charge on any atom is 0.220 e. The first-order chi connectivity index (χ1) is 8.56. The summed E-state index contributed by atoms with van der Waals surface area (Å²) in [6.45, 7) is 7.29. The molecule has 1 saturated heterocycles. The molecule has 1 aromatic rings. The summed E-state index contributed by atoms with van der Waals surface area (Å²) >= 11 is 0. The van der Waals surface area contributed by atoms with Crippen LogP contribution in [0.15, 0.2) is 18.2 Å². The van der Waals surface area contributed by atoms with Gasteiger partial charge in [-0.2, -0.15) is 0 Å². The minimum atomic E-state index is 0.181. The monoisotopic (exact) mass is 246 g/mol. The number of nitrogens with one attached hydrogen (secondary N) is 2. The first-order valence-corrected chi connectivity index (χ1v) is 6.66. The van der Waals surface area contributed by atoms with Gasteiger partial charge in [-0.1, -0.05) is 23.8 Å². The Morgan fingerprint density at radius 1 is 1.44 bits per heavy atom. The lowest BCUT2D eigenvalue weighted by Gasteiger charge is -2.19. The molecule has 1 amide bonds. The van der Waals surface area contributed by atoms with Crippen molar-refractivity contribution in [2.45, 2.75) is 45.7 Å². The predicted octanol–water partition coefficient (Wildman–Crippen LogP) is 2.23. The average molecular weight is 246 g/mol. The first kappa shape index (κ1) is 13.1. The lowest BCUT2D eigenvalue weighted by Crippen LogP contribution is -2.36. The minimum Gasteiger partial charge on any atom is -0.352 e. The molecule has 0 aromatic heterocycles. The minimum absolute atomic E-state index is 0.181. The van der Waals surface area contributed by atoms with E-state index >= 15 is 0 Å². The van der Waals surface area contributed by atoms with Gasteiger partial charge < -0.3 is 10.6 Å². The van der Waals surface area contributed by atoms with Crippen molar-refractivity contribution in [2.24, 2.45) is 0 Å². The molecule has 1 heterocycles. The highest BCUT2D eigenvalue weighted by molar-refractivity contribution is 5.78. The molecule has 1 aromatic carbocycles. The Bertz CT molecular complexity index is 442. The van der Waals surface area contributed by atoms with Gasteiger partial charge in [0.25, 0.3) is 0 Å². The summed E-state index contributed by atoms with van der Waals surface area (Å²) in [5.74, 6) is 0.181. The smallest absolute Gasteiger partial charge is 0.220 e. The van der Waals surface area contributed by atoms with Crippen LogP contribution in [0.5, 0.6) is 0 Å². The second kappa shape index (κ2) is 5.53. The highest BCUT2D eigenvalue weighted by Crippen LogP contribution is 2.18. The average Bonchev–Trinajstić information content (AvgIpc) is 2.72. The summed E-state index contributed by atoms with van der Waals surface area (Å²) in [6.07, 6.45) is 1.62. The number of carbonyl (C=O) groups excluding carboxylic acids is 1. The summed E-state index contributed by atoms with van der Waals surface area (Å²) in [6, 6.07) is 7.17. The largest absolute Gasteiger partial charge is 0.352 e. The lowest BCUT2D eigenvalue weighted by molar-refractivity contribution is -0.119. The molecule has 2 atom stereocenters. The molecule has 2 unspecified atom stereocenters. The maximum atomic E-state index is 11.1. The Morgan fingerprint density at radius 3 is 2.83 bits per heavy atom. The number of hydrogen-bond acceptors (Lipinski definition) is 2. The van der Waals surface area contributed by atoms with E-state index < -0.39 is 0 Å². The summed E-state index contributed by atoms with van der Waals surface area (Å²) < 4.78 is 0. The summed E-state index contributed by atoms with van der Waals surface area (Å²) in [7, 11) is 0. The van der Waals surface area contributed by atoms with E-state index in [1.54, 1.807) is 0 Å². The van der Waals surface area contributed by atoms with Crippen LogP contribution in [0.1, 0.15) is 42.5 Å². The fourth-order valence-electron chi connectivity index (χ4n) is 2.57. The quantitative estimate of drug-likeness (QED) is 0.855. The van der Waals surface area contributed by atoms with E-state index in [9.17, 15) is 4.79 Å². The number of carbonyl (C=O) groups is 1. The van der Waals surface area contributed by atoms with E-state index in [2.05, 4.69) is 49.6 Å². The molecule has 0 bridgehead atoms. The number of aryl methyl sites for hydroxylation is 2. The molecule has 1 fully saturated rings. The van der Waals surface area contributed by atoms with E-state index in [0.29, 0.717) is 18.5 Å². The maximum absolute atomic E-state index is 11.1. The van der Waals surface area contributed by atoms with Gasteiger partial charge >= 0.3 is 0 Å². The topological polar surface area (TPSA) is 41.1 Å². The van der Waals surface area contributed by atoms with Crippen molar-refractivity contribution in [1.29, 1.82) is 0 Å². The third-order valence-electron chi connectivity index (χ3n) is 3.65. The normalized spacial score (nSPS) is 20.8. The van der Waals surface area contributed by atoms with E-state index in [1.165, 1.54) is 16.7 Å². The van der Waals surface area contributed by atoms with Gasteiger partial charge in [0.15, 0.2) is 0 Å². The Hall–Kier alpha value is -1.35. The Kier molecular flexibility index (Phi) is 4.02. The number of amides is 1. The van der Waals surface area contributed by atoms with Crippen LogP contribution >= 0.6 is 0 Å². The van der Waals surface area contributed by atoms with Gasteiger partial charge in [-0.15, -0.1) is 0 Å². The highest BCUT2D eigenvalue weighted by Gasteiger charge is 2.21. The van der Waals surface area contributed by atoms with Crippen LogP contribution in [-0.2, 0) is 4.79 Å². The summed E-state index contributed by atoms with van der Waals surface area (Å²) in [5, 5.41) is 6.49. The molecule has 2 rings (SSSR count). The van der Waals surface area contributed by atoms with Gasteiger partial charge in [0.1, 0.15) is 0 Å². The molecular formula is C15H22N2O. The second-order valence-corrected chi connectivity index (χ2v) is 5.29. The van der Waals surface area contributed by atoms with Crippen molar-refractivity contribution >= 4 is 5.91 Å². The summed E-state index contributed by atoms with van der Waals surface area (Å²) in [5.41, 5.74) is 3.96. The van der Waals surface area contributed by atoms with Gasteiger partial charge in [0.2, 0.25) is 5.91 Å². The van der Waals surface area contributed by atoms with Crippen LogP contribution in [0.2, 0.25) is 0 Å². The fourth-order valence-corrected chi connectivity index (χ4v) is 2.57. The predicted molar refractivity (Wildman–Crippen MR) is 73.5 cm³/mol. The van der Waals surface area contributed by atoms with E-state index in [0.717, 1.165) is 13.0 Å². The fraction of sp³-hybridized carbons (Fsp3) is 0.533. The van der Waals surface area contributed by atoms with Crippen molar-refractivity contribution < 1.29 is 4.79 Å². The molecule has 1 aliphatic rings. The van der Waals surface area contributed by atoms with Crippen LogP contribution in [0.4, 0.5) is 0 Å². The zero-order chi connectivity index (χ0) is 13.1. The number of hydrogen-bond donors (Lipinski definition) is 2. The molecule has 0 aliphatic carbocycles. The molecule has 0 saturated carbocycles. The highest BCUT2D eigenvalue weighted by atomic mass is 16.1. The molecule has 98 valence electrons. The first-order valence-electron chi connectivity index (χ1n) is 6.66. The molecule has 1 aliphatic heterocycles. The van der Waals surface area contributed by atoms with Gasteiger partial charge in [-0.25, -0.2) is 0 Å². The van der Waals surface area contributed by atoms with Crippen molar-refractivity contribution in [3.8, 4) is 0 Å². The van der Waals surface area contributed by atoms with Crippen LogP contribution in [-0.4, -0.2) is 18.5 Å². The summed E-state index contributed by atoms with van der Waals surface area (Å²) in [4.78, 5) is 11.1. The van der Waals surface area contributed by atoms with Crippen LogP contribution in [0, 0.1) is 13.8 Å². The van der Waals surface area contributed by atoms with Crippen molar-refractivity contribution in [2.75, 3.05) is 6.54 Å². The molecule has 3 nitrogen and oxygen atoms in total. The van der Waals surface area contributed by atoms with Crippen LogP contribution in [0.3, 0.4) is 0 Å². The molecular weight excluding hydrogens is 224 g/mol. The van der Waals surface area contributed by atoms with Gasteiger partial charge in [0.05, 0.1) is 0 Å². The Labute approximate surface area is 109 Å². The Morgan fingerprint density at radius 2 is 2.22 bits per heavy atom. The number of benzene rings is 1. The van der Waals surface area contributed by atoms with Crippen LogP contribution < -0.4 is 10.6 Å². The van der Waals surface area contributed by atoms with Crippen molar-refractivity contribution in [1.82, 2.24) is 10.6 Å². The lowest BCUT2D eigenvalue weighted by atomic mass is 10.00. The van der Waals surface area contributed by atoms with E-state index in [1.807, 2.05) is 0 Å². The van der Waals surface area contributed by atoms with E-state index in [-0.39, 0.29) is 5.91 Å². The van der Waals surface area contributed by atoms with Gasteiger partial charge in [-0.3, -0.25) is 4.79 Å². The van der Waals surface area contributed by atoms with E-state index in [4.69, 9.17) is 0 Å². The Balaban J connectivity index is 1.91. The number of rotatable bonds is 4. The van der Waals surface area contributed by atoms with Crippen molar-refractivity contribution in [3.05, 3.63) is 34.9 Å². The van der Waals surface area contributed by atoms with Crippen LogP contribution in [0.25, 0.3) is 0 Å². The standard InChI is InChI=1S/C15H22N2O/c1-10-4-6-14(11(2)8-10)12(3)16-9-13-5-7-15(18)17-13/h4,6,8,12-13,16H,5,7,9H2,1-3H3,(H,17,18). The SMILES string of the molecule is Cc1ccc(C(C)NCC2CCC(=O)N2)c(C)c1. The molecule has 0 spiro atoms. The zero-order valence-electron chi connectivity index (χ0n) is 11.4. The second-order valence-electron chi connectivity index (χ2n) is 5.29. The van der Waals surface area contributed by atoms with Gasteiger partial charge in [-0.05, 0) is 38.3 Å². The zero-order valence-corrected chi connectivity index (χ0v) is 11.4. The molecule has 18 heavy (non-hydrogen) atoms. The molecule has 0 radical (unpaired) electrons. The van der Waals surface area contributed by atoms with Crippen molar-refractivity contribution in [3.63, 3.8) is 0 Å². The molecule has 3 heteroatoms. The third-order valence-corrected chi connectivity index (χ3v) is 3.65. The molecule has 2 N–H and O–H groups in total. The third kappa shape index (κ3) is 3.10. The van der Waals surface area contributed by atoms with Gasteiger partial charge in [0, 0.05) is 25.0 Å².